The first-order valence-electron chi connectivity index (χ1n) is 5.97. The summed E-state index contributed by atoms with van der Waals surface area (Å²) < 4.78 is 0. The Kier molecular flexibility index (Phi) is 4.89. The highest BCUT2D eigenvalue weighted by atomic mass is 28.3. The zero-order chi connectivity index (χ0) is 10.4. The molecule has 0 atom stereocenters. The quantitative estimate of drug-likeness (QED) is 0.509. The van der Waals surface area contributed by atoms with Crippen LogP contribution in [-0.2, 0) is 0 Å². The summed E-state index contributed by atoms with van der Waals surface area (Å²) in [4.78, 5) is 2.69. The van der Waals surface area contributed by atoms with E-state index in [1.165, 1.54) is 44.6 Å². The van der Waals surface area contributed by atoms with Gasteiger partial charge in [0.2, 0.25) is 0 Å². The zero-order valence-electron chi connectivity index (χ0n) is 10.1. The van der Waals surface area contributed by atoms with Gasteiger partial charge in [0, 0.05) is 0 Å². The fraction of sp³-hybridized carbons (Fsp3) is 0.833. The lowest BCUT2D eigenvalue weighted by atomic mass is 10.1. The summed E-state index contributed by atoms with van der Waals surface area (Å²) >= 11 is 0. The molecular formula is C12H25NSi. The van der Waals surface area contributed by atoms with E-state index >= 15 is 0 Å². The van der Waals surface area contributed by atoms with Gasteiger partial charge in [-0.15, -0.1) is 0 Å². The van der Waals surface area contributed by atoms with Crippen LogP contribution in [0.3, 0.4) is 0 Å². The molecule has 0 amide bonds. The normalized spacial score (nSPS) is 20.5. The molecule has 0 N–H and O–H groups in total. The molecule has 0 spiro atoms. The topological polar surface area (TPSA) is 3.24 Å². The average Bonchev–Trinajstić information content (AvgIpc) is 2.16. The lowest BCUT2D eigenvalue weighted by Crippen LogP contribution is -2.44. The fourth-order valence-electron chi connectivity index (χ4n) is 2.22. The Labute approximate surface area is 90.2 Å². The molecule has 0 aromatic carbocycles. The van der Waals surface area contributed by atoms with Gasteiger partial charge in [0.25, 0.3) is 0 Å². The van der Waals surface area contributed by atoms with Crippen LogP contribution >= 0.6 is 0 Å². The third-order valence-electron chi connectivity index (χ3n) is 3.01. The maximum atomic E-state index is 2.69. The molecule has 0 aromatic heterocycles. The second-order valence-electron chi connectivity index (χ2n) is 5.27. The van der Waals surface area contributed by atoms with Crippen LogP contribution < -0.4 is 0 Å². The standard InChI is InChI=1S/C12H25NSi/c1-4-5-11-14(2,3)12-13-9-7-6-8-10-13/h4-5H,6-12H2,1-3H3/b5-4+. The smallest absolute Gasteiger partial charge is 0.0666 e. The number of nitrogens with zero attached hydrogens (tertiary/aromatic N) is 1. The Morgan fingerprint density at radius 2 is 1.79 bits per heavy atom. The molecule has 0 bridgehead atoms. The molecule has 0 radical (unpaired) electrons. The average molecular weight is 211 g/mol. The molecule has 1 rings (SSSR count). The molecule has 1 heterocycles. The number of allylic oxidation sites excluding steroid dienone is 2. The van der Waals surface area contributed by atoms with Crippen molar-refractivity contribution in [3.8, 4) is 0 Å². The van der Waals surface area contributed by atoms with Gasteiger partial charge in [-0.2, -0.15) is 0 Å². The lowest BCUT2D eigenvalue weighted by molar-refractivity contribution is 0.259. The van der Waals surface area contributed by atoms with Crippen molar-refractivity contribution in [3.63, 3.8) is 0 Å². The van der Waals surface area contributed by atoms with Crippen molar-refractivity contribution in [1.82, 2.24) is 4.90 Å². The van der Waals surface area contributed by atoms with E-state index in [1.54, 1.807) is 0 Å². The van der Waals surface area contributed by atoms with Crippen LogP contribution in [-0.4, -0.2) is 32.2 Å². The molecule has 82 valence electrons. The monoisotopic (exact) mass is 211 g/mol. The molecule has 0 saturated carbocycles. The summed E-state index contributed by atoms with van der Waals surface area (Å²) in [5.74, 6) is 0. The summed E-state index contributed by atoms with van der Waals surface area (Å²) in [6.45, 7) is 9.87. The SMILES string of the molecule is C/C=C/C[Si](C)(C)CN1CCCCC1. The summed E-state index contributed by atoms with van der Waals surface area (Å²) in [5.41, 5.74) is 0. The van der Waals surface area contributed by atoms with Gasteiger partial charge in [0.15, 0.2) is 0 Å². The van der Waals surface area contributed by atoms with Gasteiger partial charge in [-0.25, -0.2) is 0 Å². The minimum Gasteiger partial charge on any atom is -0.306 e. The molecule has 1 aliphatic heterocycles. The first kappa shape index (κ1) is 12.0. The van der Waals surface area contributed by atoms with E-state index in [-0.39, 0.29) is 0 Å². The van der Waals surface area contributed by atoms with Crippen molar-refractivity contribution in [1.29, 1.82) is 0 Å². The molecule has 1 aliphatic rings. The van der Waals surface area contributed by atoms with E-state index in [9.17, 15) is 0 Å². The largest absolute Gasteiger partial charge is 0.306 e. The minimum atomic E-state index is -0.973. The van der Waals surface area contributed by atoms with E-state index in [2.05, 4.69) is 37.1 Å². The predicted molar refractivity (Wildman–Crippen MR) is 67.4 cm³/mol. The van der Waals surface area contributed by atoms with Crippen molar-refractivity contribution in [2.45, 2.75) is 45.3 Å². The second-order valence-corrected chi connectivity index (χ2v) is 10.3. The number of hydrogen-bond donors (Lipinski definition) is 0. The molecule has 0 aliphatic carbocycles. The van der Waals surface area contributed by atoms with E-state index < -0.39 is 8.07 Å². The van der Waals surface area contributed by atoms with E-state index in [0.29, 0.717) is 0 Å². The summed E-state index contributed by atoms with van der Waals surface area (Å²) in [6, 6.07) is 1.35. The van der Waals surface area contributed by atoms with Crippen molar-refractivity contribution >= 4 is 8.07 Å². The third-order valence-corrected chi connectivity index (χ3v) is 5.65. The van der Waals surface area contributed by atoms with Crippen LogP contribution in [0.4, 0.5) is 0 Å². The van der Waals surface area contributed by atoms with Crippen LogP contribution in [0.2, 0.25) is 19.1 Å². The highest BCUT2D eigenvalue weighted by Gasteiger charge is 2.23. The highest BCUT2D eigenvalue weighted by Crippen LogP contribution is 2.16. The van der Waals surface area contributed by atoms with Gasteiger partial charge < -0.3 is 4.90 Å². The molecule has 0 aromatic rings. The van der Waals surface area contributed by atoms with Crippen LogP contribution in [0.15, 0.2) is 12.2 Å². The zero-order valence-corrected chi connectivity index (χ0v) is 11.1. The van der Waals surface area contributed by atoms with Crippen LogP contribution in [0.5, 0.6) is 0 Å². The molecule has 1 saturated heterocycles. The molecule has 14 heavy (non-hydrogen) atoms. The maximum absolute atomic E-state index is 2.69. The van der Waals surface area contributed by atoms with E-state index in [0.717, 1.165) is 0 Å². The first-order valence-corrected chi connectivity index (χ1v) is 9.39. The van der Waals surface area contributed by atoms with E-state index in [4.69, 9.17) is 0 Å². The van der Waals surface area contributed by atoms with Crippen molar-refractivity contribution in [2.24, 2.45) is 0 Å². The Hall–Kier alpha value is -0.0831. The Morgan fingerprint density at radius 3 is 2.36 bits per heavy atom. The molecular weight excluding hydrogens is 186 g/mol. The van der Waals surface area contributed by atoms with E-state index in [1.807, 2.05) is 0 Å². The lowest BCUT2D eigenvalue weighted by Gasteiger charge is -2.33. The Bertz CT molecular complexity index is 181. The maximum Gasteiger partial charge on any atom is 0.0666 e. The summed E-state index contributed by atoms with van der Waals surface area (Å²) in [7, 11) is -0.973. The van der Waals surface area contributed by atoms with Crippen LogP contribution in [0.1, 0.15) is 26.2 Å². The summed E-state index contributed by atoms with van der Waals surface area (Å²) in [6.07, 6.45) is 10.3. The van der Waals surface area contributed by atoms with Gasteiger partial charge >= 0.3 is 0 Å². The summed E-state index contributed by atoms with van der Waals surface area (Å²) in [5, 5.41) is 0. The second kappa shape index (κ2) is 5.71. The van der Waals surface area contributed by atoms with Gasteiger partial charge in [-0.3, -0.25) is 0 Å². The molecule has 2 heteroatoms. The number of likely N-dealkylation sites (tertiary alicyclic amines) is 1. The van der Waals surface area contributed by atoms with Crippen LogP contribution in [0.25, 0.3) is 0 Å². The molecule has 1 fully saturated rings. The Balaban J connectivity index is 2.32. The highest BCUT2D eigenvalue weighted by molar-refractivity contribution is 6.78. The number of hydrogen-bond acceptors (Lipinski definition) is 1. The van der Waals surface area contributed by atoms with Gasteiger partial charge in [0.1, 0.15) is 0 Å². The van der Waals surface area contributed by atoms with Crippen molar-refractivity contribution < 1.29 is 0 Å². The number of rotatable bonds is 4. The predicted octanol–water partition coefficient (Wildman–Crippen LogP) is 3.30. The van der Waals surface area contributed by atoms with Crippen molar-refractivity contribution in [3.05, 3.63) is 12.2 Å². The van der Waals surface area contributed by atoms with Gasteiger partial charge in [-0.1, -0.05) is 31.7 Å². The third kappa shape index (κ3) is 4.42. The van der Waals surface area contributed by atoms with Gasteiger partial charge in [-0.05, 0) is 45.1 Å². The fourth-order valence-corrected chi connectivity index (χ4v) is 4.75. The first-order chi connectivity index (χ1) is 6.64. The Morgan fingerprint density at radius 1 is 1.14 bits per heavy atom. The molecule has 0 unspecified atom stereocenters. The van der Waals surface area contributed by atoms with Crippen molar-refractivity contribution in [2.75, 3.05) is 19.3 Å². The van der Waals surface area contributed by atoms with Gasteiger partial charge in [0.05, 0.1) is 8.07 Å². The van der Waals surface area contributed by atoms with Crippen LogP contribution in [0, 0.1) is 0 Å². The minimum absolute atomic E-state index is 0.973. The number of piperidine rings is 1. The molecule has 1 nitrogen and oxygen atoms in total.